The zero-order valence-electron chi connectivity index (χ0n) is 17.6. The first-order chi connectivity index (χ1) is 15.4. The number of hydrogen-bond acceptors (Lipinski definition) is 6. The van der Waals surface area contributed by atoms with Crippen molar-refractivity contribution in [2.75, 3.05) is 4.90 Å². The number of Topliss-reactive ketones (excluding diaryl/α,β-unsaturated/α-hetero) is 1. The SMILES string of the molecule is CCc1ccc(N2C(=O)C(O)=C(C(=O)c3cccs3)C2c2cccc(OC(C)=O)c2)cc1. The predicted molar refractivity (Wildman–Crippen MR) is 122 cm³/mol. The van der Waals surface area contributed by atoms with Crippen LogP contribution in [0.2, 0.25) is 0 Å². The number of carbonyl (C=O) groups excluding carboxylic acids is 3. The highest BCUT2D eigenvalue weighted by Crippen LogP contribution is 2.43. The Balaban J connectivity index is 1.86. The molecular weight excluding hydrogens is 426 g/mol. The molecule has 32 heavy (non-hydrogen) atoms. The van der Waals surface area contributed by atoms with Crippen molar-refractivity contribution in [2.24, 2.45) is 0 Å². The van der Waals surface area contributed by atoms with Crippen LogP contribution in [-0.2, 0) is 16.0 Å². The van der Waals surface area contributed by atoms with Crippen LogP contribution in [0.4, 0.5) is 5.69 Å². The normalized spacial score (nSPS) is 15.9. The fraction of sp³-hybridized carbons (Fsp3) is 0.160. The van der Waals surface area contributed by atoms with Crippen LogP contribution in [0.5, 0.6) is 5.75 Å². The Morgan fingerprint density at radius 1 is 1.09 bits per heavy atom. The summed E-state index contributed by atoms with van der Waals surface area (Å²) >= 11 is 1.24. The maximum atomic E-state index is 13.3. The van der Waals surface area contributed by atoms with Crippen LogP contribution in [0, 0.1) is 0 Å². The average Bonchev–Trinajstić information content (AvgIpc) is 3.41. The van der Waals surface area contributed by atoms with Gasteiger partial charge in [0.25, 0.3) is 5.91 Å². The van der Waals surface area contributed by atoms with Gasteiger partial charge in [0, 0.05) is 12.6 Å². The Labute approximate surface area is 189 Å². The second kappa shape index (κ2) is 8.80. The molecule has 1 N–H and O–H groups in total. The maximum Gasteiger partial charge on any atom is 0.308 e. The van der Waals surface area contributed by atoms with Gasteiger partial charge in [-0.05, 0) is 53.3 Å². The highest BCUT2D eigenvalue weighted by atomic mass is 32.1. The number of aliphatic hydroxyl groups is 1. The molecule has 0 spiro atoms. The van der Waals surface area contributed by atoms with Crippen LogP contribution in [0.25, 0.3) is 0 Å². The zero-order valence-corrected chi connectivity index (χ0v) is 18.4. The number of hydrogen-bond donors (Lipinski definition) is 1. The lowest BCUT2D eigenvalue weighted by Crippen LogP contribution is -2.31. The van der Waals surface area contributed by atoms with Gasteiger partial charge in [-0.15, -0.1) is 11.3 Å². The lowest BCUT2D eigenvalue weighted by molar-refractivity contribution is -0.131. The first-order valence-corrected chi connectivity index (χ1v) is 11.0. The zero-order chi connectivity index (χ0) is 22.8. The third-order valence-corrected chi connectivity index (χ3v) is 6.12. The maximum absolute atomic E-state index is 13.3. The molecule has 1 aromatic heterocycles. The minimum absolute atomic E-state index is 0.00278. The van der Waals surface area contributed by atoms with E-state index in [1.165, 1.54) is 23.2 Å². The lowest BCUT2D eigenvalue weighted by atomic mass is 9.95. The second-order valence-electron chi connectivity index (χ2n) is 7.33. The Morgan fingerprint density at radius 3 is 2.47 bits per heavy atom. The number of carbonyl (C=O) groups is 3. The summed E-state index contributed by atoms with van der Waals surface area (Å²) in [4.78, 5) is 39.8. The molecule has 3 aromatic rings. The number of ether oxygens (including phenoxy) is 1. The number of ketones is 1. The molecule has 1 unspecified atom stereocenters. The van der Waals surface area contributed by atoms with Crippen molar-refractivity contribution in [1.82, 2.24) is 0 Å². The van der Waals surface area contributed by atoms with Gasteiger partial charge in [-0.25, -0.2) is 0 Å². The standard InChI is InChI=1S/C25H21NO5S/c1-3-16-9-11-18(12-10-16)26-22(17-6-4-7-19(14-17)31-15(2)27)21(24(29)25(26)30)23(28)20-8-5-13-32-20/h4-14,22,29H,3H2,1-2H3. The molecule has 2 aromatic carbocycles. The van der Waals surface area contributed by atoms with E-state index in [0.717, 1.165) is 12.0 Å². The number of thiophene rings is 1. The number of anilines is 1. The number of rotatable bonds is 6. The molecule has 0 saturated carbocycles. The molecule has 0 aliphatic carbocycles. The molecule has 0 bridgehead atoms. The summed E-state index contributed by atoms with van der Waals surface area (Å²) in [6, 6.07) is 16.6. The molecule has 2 heterocycles. The fourth-order valence-electron chi connectivity index (χ4n) is 3.77. The summed E-state index contributed by atoms with van der Waals surface area (Å²) in [5.41, 5.74) is 2.19. The molecule has 4 rings (SSSR count). The molecule has 1 aliphatic heterocycles. The smallest absolute Gasteiger partial charge is 0.308 e. The van der Waals surface area contributed by atoms with Gasteiger partial charge in [0.2, 0.25) is 5.78 Å². The van der Waals surface area contributed by atoms with E-state index in [0.29, 0.717) is 16.1 Å². The molecule has 1 aliphatic rings. The summed E-state index contributed by atoms with van der Waals surface area (Å²) in [5, 5.41) is 12.6. The Bertz CT molecular complexity index is 1210. The van der Waals surface area contributed by atoms with Crippen molar-refractivity contribution in [2.45, 2.75) is 26.3 Å². The Hall–Kier alpha value is -3.71. The van der Waals surface area contributed by atoms with Gasteiger partial charge in [-0.2, -0.15) is 0 Å². The summed E-state index contributed by atoms with van der Waals surface area (Å²) in [7, 11) is 0. The minimum Gasteiger partial charge on any atom is -0.503 e. The van der Waals surface area contributed by atoms with E-state index in [4.69, 9.17) is 4.74 Å². The van der Waals surface area contributed by atoms with E-state index in [1.54, 1.807) is 53.9 Å². The molecule has 0 saturated heterocycles. The Morgan fingerprint density at radius 2 is 1.84 bits per heavy atom. The largest absolute Gasteiger partial charge is 0.503 e. The summed E-state index contributed by atoms with van der Waals surface area (Å²) in [6.45, 7) is 3.33. The minimum atomic E-state index is -0.875. The molecule has 162 valence electrons. The number of aryl methyl sites for hydroxylation is 1. The van der Waals surface area contributed by atoms with Gasteiger partial charge in [0.15, 0.2) is 5.76 Å². The average molecular weight is 448 g/mol. The molecule has 6 nitrogen and oxygen atoms in total. The van der Waals surface area contributed by atoms with Crippen LogP contribution >= 0.6 is 11.3 Å². The topological polar surface area (TPSA) is 83.9 Å². The molecular formula is C25H21NO5S. The van der Waals surface area contributed by atoms with Gasteiger partial charge in [0.1, 0.15) is 5.75 Å². The highest BCUT2D eigenvalue weighted by Gasteiger charge is 2.45. The highest BCUT2D eigenvalue weighted by molar-refractivity contribution is 7.12. The van der Waals surface area contributed by atoms with Crippen LogP contribution in [0.15, 0.2) is 77.4 Å². The fourth-order valence-corrected chi connectivity index (χ4v) is 4.44. The van der Waals surface area contributed by atoms with Crippen LogP contribution in [-0.4, -0.2) is 22.8 Å². The Kier molecular flexibility index (Phi) is 5.92. The molecule has 0 fully saturated rings. The lowest BCUT2D eigenvalue weighted by Gasteiger charge is -2.27. The van der Waals surface area contributed by atoms with Crippen molar-refractivity contribution in [3.63, 3.8) is 0 Å². The summed E-state index contributed by atoms with van der Waals surface area (Å²) < 4.78 is 5.20. The van der Waals surface area contributed by atoms with Gasteiger partial charge in [-0.3, -0.25) is 19.3 Å². The van der Waals surface area contributed by atoms with E-state index in [9.17, 15) is 19.5 Å². The summed E-state index contributed by atoms with van der Waals surface area (Å²) in [6.07, 6.45) is 0.841. The van der Waals surface area contributed by atoms with Gasteiger partial charge < -0.3 is 9.84 Å². The molecule has 0 radical (unpaired) electrons. The van der Waals surface area contributed by atoms with Crippen LogP contribution in [0.3, 0.4) is 0 Å². The van der Waals surface area contributed by atoms with Crippen molar-refractivity contribution < 1.29 is 24.2 Å². The predicted octanol–water partition coefficient (Wildman–Crippen LogP) is 5.02. The number of aliphatic hydroxyl groups excluding tert-OH is 1. The third-order valence-electron chi connectivity index (χ3n) is 5.26. The molecule has 1 atom stereocenters. The first kappa shape index (κ1) is 21.5. The monoisotopic (exact) mass is 447 g/mol. The van der Waals surface area contributed by atoms with Gasteiger partial charge in [-0.1, -0.05) is 37.3 Å². The number of nitrogens with zero attached hydrogens (tertiary/aromatic N) is 1. The quantitative estimate of drug-likeness (QED) is 0.326. The van der Waals surface area contributed by atoms with E-state index >= 15 is 0 Å². The number of benzene rings is 2. The molecule has 1 amide bonds. The first-order valence-electron chi connectivity index (χ1n) is 10.1. The van der Waals surface area contributed by atoms with Crippen molar-refractivity contribution >= 4 is 34.7 Å². The summed E-state index contributed by atoms with van der Waals surface area (Å²) in [5.74, 6) is -1.84. The third kappa shape index (κ3) is 3.94. The number of esters is 1. The number of amides is 1. The van der Waals surface area contributed by atoms with Gasteiger partial charge in [0.05, 0.1) is 16.5 Å². The molecule has 7 heteroatoms. The van der Waals surface area contributed by atoms with E-state index < -0.39 is 29.5 Å². The van der Waals surface area contributed by atoms with E-state index in [2.05, 4.69) is 0 Å². The van der Waals surface area contributed by atoms with Crippen LogP contribution in [0.1, 0.15) is 40.7 Å². The van der Waals surface area contributed by atoms with Crippen molar-refractivity contribution in [3.05, 3.63) is 93.4 Å². The van der Waals surface area contributed by atoms with Gasteiger partial charge >= 0.3 is 5.97 Å². The second-order valence-corrected chi connectivity index (χ2v) is 8.28. The van der Waals surface area contributed by atoms with Crippen LogP contribution < -0.4 is 9.64 Å². The van der Waals surface area contributed by atoms with E-state index in [1.807, 2.05) is 19.1 Å². The van der Waals surface area contributed by atoms with Crippen molar-refractivity contribution in [1.29, 1.82) is 0 Å². The van der Waals surface area contributed by atoms with E-state index in [-0.39, 0.29) is 11.3 Å². The van der Waals surface area contributed by atoms with Crippen molar-refractivity contribution in [3.8, 4) is 5.75 Å².